The molecule has 0 aliphatic heterocycles. The van der Waals surface area contributed by atoms with E-state index in [0.717, 1.165) is 17.7 Å². The Bertz CT molecular complexity index is 802. The molecule has 0 aliphatic rings. The molecular weight excluding hydrogens is 338 g/mol. The molecule has 0 amide bonds. The lowest BCUT2D eigenvalue weighted by atomic mass is 10.1. The van der Waals surface area contributed by atoms with Crippen molar-refractivity contribution in [3.8, 4) is 11.8 Å². The van der Waals surface area contributed by atoms with Gasteiger partial charge < -0.3 is 15.4 Å². The normalized spacial score (nSPS) is 10.9. The van der Waals surface area contributed by atoms with Crippen molar-refractivity contribution in [2.45, 2.75) is 13.5 Å². The smallest absolute Gasteiger partial charge is 0.191 e. The number of halogens is 2. The average Bonchev–Trinajstić information content (AvgIpc) is 2.64. The molecule has 0 heterocycles. The molecule has 26 heavy (non-hydrogen) atoms. The van der Waals surface area contributed by atoms with Gasteiger partial charge in [0.05, 0.1) is 24.7 Å². The van der Waals surface area contributed by atoms with Crippen LogP contribution in [0.15, 0.2) is 47.5 Å². The van der Waals surface area contributed by atoms with Gasteiger partial charge in [0.15, 0.2) is 17.5 Å². The predicted octanol–water partition coefficient (Wildman–Crippen LogP) is 2.97. The molecule has 0 fully saturated rings. The quantitative estimate of drug-likeness (QED) is 0.454. The largest absolute Gasteiger partial charge is 0.489 e. The molecule has 0 radical (unpaired) electrons. The summed E-state index contributed by atoms with van der Waals surface area (Å²) in [4.78, 5) is 4.44. The van der Waals surface area contributed by atoms with Crippen LogP contribution in [0, 0.1) is 23.0 Å². The molecule has 136 valence electrons. The monoisotopic (exact) mass is 358 g/mol. The molecule has 0 unspecified atom stereocenters. The summed E-state index contributed by atoms with van der Waals surface area (Å²) >= 11 is 0. The van der Waals surface area contributed by atoms with Crippen molar-refractivity contribution >= 4 is 5.96 Å². The van der Waals surface area contributed by atoms with Gasteiger partial charge in [-0.15, -0.1) is 0 Å². The van der Waals surface area contributed by atoms with E-state index in [4.69, 9.17) is 10.00 Å². The van der Waals surface area contributed by atoms with Crippen molar-refractivity contribution in [2.75, 3.05) is 19.7 Å². The summed E-state index contributed by atoms with van der Waals surface area (Å²) in [6.07, 6.45) is 0. The van der Waals surface area contributed by atoms with Crippen LogP contribution in [0.3, 0.4) is 0 Å². The number of hydrogen-bond acceptors (Lipinski definition) is 3. The molecule has 2 aromatic rings. The van der Waals surface area contributed by atoms with Gasteiger partial charge in [0.1, 0.15) is 12.4 Å². The van der Waals surface area contributed by atoms with Gasteiger partial charge >= 0.3 is 0 Å². The second-order valence-corrected chi connectivity index (χ2v) is 5.36. The molecule has 0 saturated heterocycles. The van der Waals surface area contributed by atoms with Gasteiger partial charge in [-0.05, 0) is 36.8 Å². The first kappa shape index (κ1) is 19.2. The number of nitriles is 1. The zero-order valence-corrected chi connectivity index (χ0v) is 14.4. The minimum atomic E-state index is -0.733. The summed E-state index contributed by atoms with van der Waals surface area (Å²) in [6.45, 7) is 3.62. The highest BCUT2D eigenvalue weighted by Crippen LogP contribution is 2.17. The molecular formula is C19H20F2N4O. The van der Waals surface area contributed by atoms with Crippen LogP contribution in [0.1, 0.15) is 18.1 Å². The molecule has 2 N–H and O–H groups in total. The number of guanidine groups is 1. The van der Waals surface area contributed by atoms with Crippen LogP contribution in [0.4, 0.5) is 8.78 Å². The van der Waals surface area contributed by atoms with Crippen molar-refractivity contribution in [1.82, 2.24) is 10.6 Å². The van der Waals surface area contributed by atoms with Crippen molar-refractivity contribution in [2.24, 2.45) is 4.99 Å². The first-order chi connectivity index (χ1) is 12.6. The van der Waals surface area contributed by atoms with Gasteiger partial charge in [-0.3, -0.25) is 0 Å². The zero-order valence-electron chi connectivity index (χ0n) is 14.4. The van der Waals surface area contributed by atoms with Crippen molar-refractivity contribution < 1.29 is 13.5 Å². The van der Waals surface area contributed by atoms with Crippen molar-refractivity contribution in [1.29, 1.82) is 5.26 Å². The van der Waals surface area contributed by atoms with Gasteiger partial charge in [0.2, 0.25) is 0 Å². The van der Waals surface area contributed by atoms with Crippen molar-refractivity contribution in [3.63, 3.8) is 0 Å². The minimum Gasteiger partial charge on any atom is -0.489 e. The molecule has 2 rings (SSSR count). The van der Waals surface area contributed by atoms with Crippen LogP contribution >= 0.6 is 0 Å². The van der Waals surface area contributed by atoms with Crippen LogP contribution in [-0.4, -0.2) is 25.7 Å². The summed E-state index contributed by atoms with van der Waals surface area (Å²) in [5.41, 5.74) is 1.51. The second kappa shape index (κ2) is 9.99. The lowest BCUT2D eigenvalue weighted by molar-refractivity contribution is 0.304. The summed E-state index contributed by atoms with van der Waals surface area (Å²) in [6, 6.07) is 12.5. The highest BCUT2D eigenvalue weighted by Gasteiger charge is 2.05. The maximum atomic E-state index is 13.5. The van der Waals surface area contributed by atoms with E-state index in [1.165, 1.54) is 6.07 Å². The first-order valence-electron chi connectivity index (χ1n) is 8.21. The molecule has 7 heteroatoms. The van der Waals surface area contributed by atoms with Gasteiger partial charge in [0, 0.05) is 12.6 Å². The Kier molecular flexibility index (Phi) is 7.37. The summed E-state index contributed by atoms with van der Waals surface area (Å²) in [5.74, 6) is -0.792. The Labute approximate surface area is 151 Å². The number of benzene rings is 2. The van der Waals surface area contributed by atoms with Crippen LogP contribution in [0.25, 0.3) is 0 Å². The van der Waals surface area contributed by atoms with Crippen LogP contribution in [0.5, 0.6) is 5.75 Å². The standard InChI is InChI=1S/C19H20F2N4O/c1-2-23-19(25-13-15-5-3-4-14(10-15)12-22)24-8-9-26-18-7-6-16(20)11-17(18)21/h3-7,10-11H,2,8-9,13H2,1H3,(H2,23,24,25). The van der Waals surface area contributed by atoms with Crippen LogP contribution < -0.4 is 15.4 Å². The Balaban J connectivity index is 1.86. The zero-order chi connectivity index (χ0) is 18.8. The van der Waals surface area contributed by atoms with E-state index in [2.05, 4.69) is 21.7 Å². The molecule has 0 aliphatic carbocycles. The van der Waals surface area contributed by atoms with E-state index in [1.807, 2.05) is 19.1 Å². The Morgan fingerprint density at radius 3 is 2.77 bits per heavy atom. The molecule has 5 nitrogen and oxygen atoms in total. The number of aliphatic imine (C=N–C) groups is 1. The minimum absolute atomic E-state index is 0.00320. The third-order valence-electron chi connectivity index (χ3n) is 3.37. The Morgan fingerprint density at radius 1 is 1.19 bits per heavy atom. The highest BCUT2D eigenvalue weighted by atomic mass is 19.1. The topological polar surface area (TPSA) is 69.4 Å². The van der Waals surface area contributed by atoms with E-state index in [9.17, 15) is 8.78 Å². The maximum absolute atomic E-state index is 13.5. The molecule has 0 atom stereocenters. The summed E-state index contributed by atoms with van der Waals surface area (Å²) < 4.78 is 31.6. The summed E-state index contributed by atoms with van der Waals surface area (Å²) in [7, 11) is 0. The Morgan fingerprint density at radius 2 is 2.04 bits per heavy atom. The van der Waals surface area contributed by atoms with Crippen LogP contribution in [0.2, 0.25) is 0 Å². The molecule has 0 aromatic heterocycles. The average molecular weight is 358 g/mol. The SMILES string of the molecule is CCNC(=NCc1cccc(C#N)c1)NCCOc1ccc(F)cc1F. The van der Waals surface area contributed by atoms with Crippen molar-refractivity contribution in [3.05, 3.63) is 65.2 Å². The van der Waals surface area contributed by atoms with Gasteiger partial charge in [0.25, 0.3) is 0 Å². The number of hydrogen-bond donors (Lipinski definition) is 2. The van der Waals surface area contributed by atoms with E-state index >= 15 is 0 Å². The fourth-order valence-corrected chi connectivity index (χ4v) is 2.17. The molecule has 0 saturated carbocycles. The van der Waals surface area contributed by atoms with E-state index in [1.54, 1.807) is 12.1 Å². The number of rotatable bonds is 7. The lowest BCUT2D eigenvalue weighted by Crippen LogP contribution is -2.39. The van der Waals surface area contributed by atoms with E-state index in [0.29, 0.717) is 31.2 Å². The van der Waals surface area contributed by atoms with Crippen LogP contribution in [-0.2, 0) is 6.54 Å². The predicted molar refractivity (Wildman–Crippen MR) is 95.8 cm³/mol. The molecule has 0 bridgehead atoms. The molecule has 2 aromatic carbocycles. The third kappa shape index (κ3) is 6.06. The van der Waals surface area contributed by atoms with Gasteiger partial charge in [-0.2, -0.15) is 5.26 Å². The maximum Gasteiger partial charge on any atom is 0.191 e. The number of nitrogens with zero attached hydrogens (tertiary/aromatic N) is 2. The highest BCUT2D eigenvalue weighted by molar-refractivity contribution is 5.79. The lowest BCUT2D eigenvalue weighted by Gasteiger charge is -2.12. The fourth-order valence-electron chi connectivity index (χ4n) is 2.17. The van der Waals surface area contributed by atoms with Gasteiger partial charge in [-0.25, -0.2) is 13.8 Å². The molecule has 0 spiro atoms. The van der Waals surface area contributed by atoms with Gasteiger partial charge in [-0.1, -0.05) is 12.1 Å². The van der Waals surface area contributed by atoms with E-state index < -0.39 is 11.6 Å². The second-order valence-electron chi connectivity index (χ2n) is 5.36. The fraction of sp³-hybridized carbons (Fsp3) is 0.263. The number of ether oxygens (including phenoxy) is 1. The summed E-state index contributed by atoms with van der Waals surface area (Å²) in [5, 5.41) is 15.1. The Hall–Kier alpha value is -3.14. The van der Waals surface area contributed by atoms with E-state index in [-0.39, 0.29) is 12.4 Å². The third-order valence-corrected chi connectivity index (χ3v) is 3.37. The number of nitrogens with one attached hydrogen (secondary N) is 2. The first-order valence-corrected chi connectivity index (χ1v) is 8.21.